The van der Waals surface area contributed by atoms with Crippen molar-refractivity contribution in [1.82, 2.24) is 5.32 Å². The van der Waals surface area contributed by atoms with Gasteiger partial charge in [0.1, 0.15) is 0 Å². The van der Waals surface area contributed by atoms with Gasteiger partial charge >= 0.3 is 0 Å². The molecule has 0 fully saturated rings. The number of carbonyl (C=O) groups excluding carboxylic acids is 1. The van der Waals surface area contributed by atoms with Crippen LogP contribution in [0.2, 0.25) is 0 Å². The second-order valence-electron chi connectivity index (χ2n) is 4.79. The first-order valence-corrected chi connectivity index (χ1v) is 7.63. The van der Waals surface area contributed by atoms with Crippen LogP contribution in [0.5, 0.6) is 11.5 Å². The van der Waals surface area contributed by atoms with Crippen LogP contribution in [-0.4, -0.2) is 20.1 Å². The lowest BCUT2D eigenvalue weighted by Gasteiger charge is -2.17. The van der Waals surface area contributed by atoms with E-state index in [2.05, 4.69) is 21.2 Å². The molecule has 1 atom stereocenters. The van der Waals surface area contributed by atoms with Gasteiger partial charge in [-0.2, -0.15) is 0 Å². The summed E-state index contributed by atoms with van der Waals surface area (Å²) in [6.45, 7) is 1.94. The molecule has 2 rings (SSSR count). The zero-order chi connectivity index (χ0) is 16.1. The Morgan fingerprint density at radius 3 is 2.36 bits per heavy atom. The number of para-hydroxylation sites is 1. The summed E-state index contributed by atoms with van der Waals surface area (Å²) >= 11 is 3.40. The van der Waals surface area contributed by atoms with E-state index in [4.69, 9.17) is 9.47 Å². The third kappa shape index (κ3) is 3.60. The normalized spacial score (nSPS) is 11.6. The summed E-state index contributed by atoms with van der Waals surface area (Å²) in [6.07, 6.45) is 0. The van der Waals surface area contributed by atoms with E-state index in [1.165, 1.54) is 7.11 Å². The number of nitrogens with one attached hydrogen (secondary N) is 1. The highest BCUT2D eigenvalue weighted by molar-refractivity contribution is 9.10. The van der Waals surface area contributed by atoms with Gasteiger partial charge in [-0.3, -0.25) is 4.79 Å². The number of hydrogen-bond acceptors (Lipinski definition) is 3. The number of ether oxygens (including phenoxy) is 2. The molecule has 0 heterocycles. The zero-order valence-corrected chi connectivity index (χ0v) is 14.3. The predicted molar refractivity (Wildman–Crippen MR) is 89.6 cm³/mol. The molecule has 0 aromatic heterocycles. The van der Waals surface area contributed by atoms with Crippen molar-refractivity contribution in [1.29, 1.82) is 0 Å². The maximum Gasteiger partial charge on any atom is 0.255 e. The molecule has 116 valence electrons. The third-order valence-electron chi connectivity index (χ3n) is 3.37. The van der Waals surface area contributed by atoms with Crippen LogP contribution in [0.25, 0.3) is 0 Å². The number of methoxy groups -OCH3 is 2. The molecule has 0 aliphatic heterocycles. The molecule has 2 aromatic rings. The third-order valence-corrected chi connectivity index (χ3v) is 3.89. The minimum Gasteiger partial charge on any atom is -0.493 e. The van der Waals surface area contributed by atoms with Crippen LogP contribution in [0.3, 0.4) is 0 Å². The molecule has 0 unspecified atom stereocenters. The maximum absolute atomic E-state index is 12.5. The first-order chi connectivity index (χ1) is 10.6. The topological polar surface area (TPSA) is 47.6 Å². The van der Waals surface area contributed by atoms with Crippen LogP contribution in [-0.2, 0) is 0 Å². The summed E-state index contributed by atoms with van der Waals surface area (Å²) in [5.41, 5.74) is 1.48. The van der Waals surface area contributed by atoms with Crippen LogP contribution < -0.4 is 14.8 Å². The minimum atomic E-state index is -0.203. The smallest absolute Gasteiger partial charge is 0.255 e. The fourth-order valence-corrected chi connectivity index (χ4v) is 2.44. The van der Waals surface area contributed by atoms with Gasteiger partial charge in [0.05, 0.1) is 25.8 Å². The molecule has 0 saturated heterocycles. The molecule has 22 heavy (non-hydrogen) atoms. The summed E-state index contributed by atoms with van der Waals surface area (Å²) in [5, 5.41) is 2.97. The highest BCUT2D eigenvalue weighted by atomic mass is 79.9. The SMILES string of the molecule is COc1cccc(C(=O)N[C@@H](C)c2ccc(Br)cc2)c1OC. The molecule has 0 aliphatic carbocycles. The van der Waals surface area contributed by atoms with E-state index >= 15 is 0 Å². The Balaban J connectivity index is 2.20. The molecule has 0 aliphatic rings. The van der Waals surface area contributed by atoms with Crippen molar-refractivity contribution in [3.8, 4) is 11.5 Å². The number of hydrogen-bond donors (Lipinski definition) is 1. The second kappa shape index (κ2) is 7.31. The van der Waals surface area contributed by atoms with E-state index in [0.29, 0.717) is 17.1 Å². The van der Waals surface area contributed by atoms with E-state index in [1.807, 2.05) is 31.2 Å². The summed E-state index contributed by atoms with van der Waals surface area (Å²) in [6, 6.07) is 13.0. The lowest BCUT2D eigenvalue weighted by molar-refractivity contribution is 0.0936. The molecule has 4 nitrogen and oxygen atoms in total. The van der Waals surface area contributed by atoms with Gasteiger partial charge in [0, 0.05) is 4.47 Å². The fourth-order valence-electron chi connectivity index (χ4n) is 2.18. The van der Waals surface area contributed by atoms with Gasteiger partial charge in [0.2, 0.25) is 0 Å². The standard InChI is InChI=1S/C17H18BrNO3/c1-11(12-7-9-13(18)10-8-12)19-17(20)14-5-4-6-15(21-2)16(14)22-3/h4-11H,1-3H3,(H,19,20)/t11-/m0/s1. The number of rotatable bonds is 5. The maximum atomic E-state index is 12.5. The molecule has 5 heteroatoms. The lowest BCUT2D eigenvalue weighted by Crippen LogP contribution is -2.27. The van der Waals surface area contributed by atoms with Crippen LogP contribution in [0, 0.1) is 0 Å². The van der Waals surface area contributed by atoms with E-state index < -0.39 is 0 Å². The van der Waals surface area contributed by atoms with Gasteiger partial charge < -0.3 is 14.8 Å². The Morgan fingerprint density at radius 1 is 1.09 bits per heavy atom. The first kappa shape index (κ1) is 16.4. The summed E-state index contributed by atoms with van der Waals surface area (Å²) < 4.78 is 11.5. The first-order valence-electron chi connectivity index (χ1n) is 6.84. The van der Waals surface area contributed by atoms with Gasteiger partial charge in [0.25, 0.3) is 5.91 Å². The van der Waals surface area contributed by atoms with Crippen molar-refractivity contribution in [2.24, 2.45) is 0 Å². The lowest BCUT2D eigenvalue weighted by atomic mass is 10.1. The molecule has 2 aromatic carbocycles. The van der Waals surface area contributed by atoms with E-state index in [1.54, 1.807) is 25.3 Å². The Labute approximate surface area is 138 Å². The van der Waals surface area contributed by atoms with Gasteiger partial charge in [-0.1, -0.05) is 34.1 Å². The fraction of sp³-hybridized carbons (Fsp3) is 0.235. The largest absolute Gasteiger partial charge is 0.493 e. The molecule has 0 radical (unpaired) electrons. The number of benzene rings is 2. The second-order valence-corrected chi connectivity index (χ2v) is 5.70. The highest BCUT2D eigenvalue weighted by Gasteiger charge is 2.18. The molecular formula is C17H18BrNO3. The Kier molecular flexibility index (Phi) is 5.44. The molecule has 0 spiro atoms. The van der Waals surface area contributed by atoms with Gasteiger partial charge in [-0.15, -0.1) is 0 Å². The van der Waals surface area contributed by atoms with Crippen LogP contribution in [0.15, 0.2) is 46.9 Å². The Morgan fingerprint density at radius 2 is 1.77 bits per heavy atom. The Hall–Kier alpha value is -2.01. The molecule has 0 bridgehead atoms. The van der Waals surface area contributed by atoms with Crippen molar-refractivity contribution in [2.45, 2.75) is 13.0 Å². The molecular weight excluding hydrogens is 346 g/mol. The molecule has 0 saturated carbocycles. The summed E-state index contributed by atoms with van der Waals surface area (Å²) in [5.74, 6) is 0.767. The van der Waals surface area contributed by atoms with E-state index in [-0.39, 0.29) is 11.9 Å². The van der Waals surface area contributed by atoms with Gasteiger partial charge in [-0.05, 0) is 36.8 Å². The quantitative estimate of drug-likeness (QED) is 0.874. The summed E-state index contributed by atoms with van der Waals surface area (Å²) in [4.78, 5) is 12.5. The van der Waals surface area contributed by atoms with Crippen molar-refractivity contribution in [3.05, 3.63) is 58.1 Å². The van der Waals surface area contributed by atoms with Crippen LogP contribution in [0.1, 0.15) is 28.9 Å². The average Bonchev–Trinajstić information content (AvgIpc) is 2.54. The monoisotopic (exact) mass is 363 g/mol. The van der Waals surface area contributed by atoms with Crippen molar-refractivity contribution in [2.75, 3.05) is 14.2 Å². The van der Waals surface area contributed by atoms with Gasteiger partial charge in [0.15, 0.2) is 11.5 Å². The van der Waals surface area contributed by atoms with Crippen molar-refractivity contribution in [3.63, 3.8) is 0 Å². The summed E-state index contributed by atoms with van der Waals surface area (Å²) in [7, 11) is 3.07. The minimum absolute atomic E-state index is 0.114. The number of carbonyl (C=O) groups is 1. The van der Waals surface area contributed by atoms with E-state index in [9.17, 15) is 4.79 Å². The van der Waals surface area contributed by atoms with E-state index in [0.717, 1.165) is 10.0 Å². The van der Waals surface area contributed by atoms with Crippen molar-refractivity contribution < 1.29 is 14.3 Å². The number of halogens is 1. The average molecular weight is 364 g/mol. The zero-order valence-electron chi connectivity index (χ0n) is 12.7. The molecule has 1 amide bonds. The Bertz CT molecular complexity index is 655. The molecule has 1 N–H and O–H groups in total. The van der Waals surface area contributed by atoms with Gasteiger partial charge in [-0.25, -0.2) is 0 Å². The predicted octanol–water partition coefficient (Wildman–Crippen LogP) is 3.96. The highest BCUT2D eigenvalue weighted by Crippen LogP contribution is 2.31. The van der Waals surface area contributed by atoms with Crippen LogP contribution >= 0.6 is 15.9 Å². The van der Waals surface area contributed by atoms with Crippen LogP contribution in [0.4, 0.5) is 0 Å². The van der Waals surface area contributed by atoms with Crippen molar-refractivity contribution >= 4 is 21.8 Å². The number of amides is 1.